The summed E-state index contributed by atoms with van der Waals surface area (Å²) in [5.41, 5.74) is 3.77. The lowest BCUT2D eigenvalue weighted by molar-refractivity contribution is -0.136. The van der Waals surface area contributed by atoms with Crippen LogP contribution in [0.25, 0.3) is 11.1 Å². The zero-order chi connectivity index (χ0) is 13.1. The van der Waals surface area contributed by atoms with Crippen LogP contribution >= 0.6 is 11.6 Å². The second kappa shape index (κ2) is 5.23. The lowest BCUT2D eigenvalue weighted by Crippen LogP contribution is -2.02. The molecule has 0 aromatic heterocycles. The summed E-state index contributed by atoms with van der Waals surface area (Å²) in [5, 5.41) is 9.58. The molecule has 0 aliphatic carbocycles. The van der Waals surface area contributed by atoms with Crippen LogP contribution in [0.4, 0.5) is 0 Å². The molecule has 0 heterocycles. The molecular weight excluding hydrogens is 248 g/mol. The van der Waals surface area contributed by atoms with Gasteiger partial charge >= 0.3 is 5.97 Å². The maximum Gasteiger partial charge on any atom is 0.307 e. The minimum Gasteiger partial charge on any atom is -0.481 e. The minimum absolute atomic E-state index is 0.0160. The van der Waals surface area contributed by atoms with Crippen LogP contribution in [-0.2, 0) is 11.2 Å². The van der Waals surface area contributed by atoms with E-state index in [4.69, 9.17) is 16.7 Å². The Morgan fingerprint density at radius 2 is 2.00 bits per heavy atom. The number of hydrogen-bond acceptors (Lipinski definition) is 1. The highest BCUT2D eigenvalue weighted by molar-refractivity contribution is 6.30. The van der Waals surface area contributed by atoms with E-state index in [1.54, 1.807) is 6.07 Å². The number of rotatable bonds is 3. The van der Waals surface area contributed by atoms with Crippen molar-refractivity contribution >= 4 is 17.6 Å². The van der Waals surface area contributed by atoms with Crippen molar-refractivity contribution in [1.82, 2.24) is 0 Å². The van der Waals surface area contributed by atoms with Crippen LogP contribution in [0, 0.1) is 6.92 Å². The Hall–Kier alpha value is -1.80. The number of benzene rings is 2. The summed E-state index contributed by atoms with van der Waals surface area (Å²) in [6, 6.07) is 13.2. The van der Waals surface area contributed by atoms with Crippen molar-refractivity contribution in [3.63, 3.8) is 0 Å². The molecule has 2 rings (SSSR count). The lowest BCUT2D eigenvalue weighted by atomic mass is 9.96. The van der Waals surface area contributed by atoms with Gasteiger partial charge in [-0.15, -0.1) is 0 Å². The van der Waals surface area contributed by atoms with Gasteiger partial charge in [0, 0.05) is 5.02 Å². The Balaban J connectivity index is 2.54. The normalized spacial score (nSPS) is 10.3. The smallest absolute Gasteiger partial charge is 0.307 e. The topological polar surface area (TPSA) is 37.3 Å². The summed E-state index contributed by atoms with van der Waals surface area (Å²) in [6.45, 7) is 1.98. The molecule has 0 amide bonds. The summed E-state index contributed by atoms with van der Waals surface area (Å²) < 4.78 is 0. The van der Waals surface area contributed by atoms with Crippen LogP contribution in [0.2, 0.25) is 5.02 Å². The maximum absolute atomic E-state index is 10.9. The van der Waals surface area contributed by atoms with E-state index in [-0.39, 0.29) is 6.42 Å². The average molecular weight is 261 g/mol. The molecule has 2 aromatic rings. The summed E-state index contributed by atoms with van der Waals surface area (Å²) in [5.74, 6) is -0.831. The van der Waals surface area contributed by atoms with Crippen molar-refractivity contribution in [3.05, 3.63) is 58.6 Å². The van der Waals surface area contributed by atoms with Gasteiger partial charge in [0.1, 0.15) is 0 Å². The number of hydrogen-bond donors (Lipinski definition) is 1. The van der Waals surface area contributed by atoms with Gasteiger partial charge in [0.15, 0.2) is 0 Å². The number of carboxylic acids is 1. The van der Waals surface area contributed by atoms with Gasteiger partial charge in [-0.25, -0.2) is 0 Å². The fourth-order valence-corrected chi connectivity index (χ4v) is 2.12. The van der Waals surface area contributed by atoms with Crippen LogP contribution in [0.5, 0.6) is 0 Å². The molecule has 0 saturated heterocycles. The second-order valence-corrected chi connectivity index (χ2v) is 4.68. The van der Waals surface area contributed by atoms with Crippen LogP contribution in [0.3, 0.4) is 0 Å². The van der Waals surface area contributed by atoms with Gasteiger partial charge in [0.2, 0.25) is 0 Å². The van der Waals surface area contributed by atoms with Gasteiger partial charge in [-0.1, -0.05) is 47.5 Å². The Morgan fingerprint density at radius 3 is 2.67 bits per heavy atom. The molecule has 0 unspecified atom stereocenters. The van der Waals surface area contributed by atoms with Crippen molar-refractivity contribution in [2.75, 3.05) is 0 Å². The Morgan fingerprint density at radius 1 is 1.22 bits per heavy atom. The number of halogens is 1. The molecular formula is C15H13ClO2. The molecule has 0 spiro atoms. The highest BCUT2D eigenvalue weighted by Gasteiger charge is 2.09. The van der Waals surface area contributed by atoms with Crippen LogP contribution in [0.1, 0.15) is 11.1 Å². The predicted molar refractivity (Wildman–Crippen MR) is 73.0 cm³/mol. The molecule has 0 aliphatic heterocycles. The van der Waals surface area contributed by atoms with Gasteiger partial charge in [-0.05, 0) is 35.7 Å². The molecule has 2 nitrogen and oxygen atoms in total. The highest BCUT2D eigenvalue weighted by Crippen LogP contribution is 2.27. The molecule has 0 bridgehead atoms. The first-order chi connectivity index (χ1) is 8.56. The van der Waals surface area contributed by atoms with Gasteiger partial charge in [-0.2, -0.15) is 0 Å². The van der Waals surface area contributed by atoms with E-state index in [1.807, 2.05) is 43.3 Å². The van der Waals surface area contributed by atoms with E-state index in [9.17, 15) is 4.79 Å². The van der Waals surface area contributed by atoms with Crippen molar-refractivity contribution in [2.24, 2.45) is 0 Å². The Kier molecular flexibility index (Phi) is 3.68. The molecule has 3 heteroatoms. The third-order valence-electron chi connectivity index (χ3n) is 2.74. The first-order valence-corrected chi connectivity index (χ1v) is 6.01. The Bertz CT molecular complexity index is 591. The lowest BCUT2D eigenvalue weighted by Gasteiger charge is -2.09. The van der Waals surface area contributed by atoms with E-state index < -0.39 is 5.97 Å². The third-order valence-corrected chi connectivity index (χ3v) is 2.98. The van der Waals surface area contributed by atoms with E-state index in [1.165, 1.54) is 0 Å². The Labute approximate surface area is 111 Å². The molecule has 18 heavy (non-hydrogen) atoms. The monoisotopic (exact) mass is 260 g/mol. The van der Waals surface area contributed by atoms with Crippen LogP contribution < -0.4 is 0 Å². The number of aliphatic carboxylic acids is 1. The standard InChI is InChI=1S/C15H13ClO2/c1-10-5-6-12(9-15(17)18)14(7-10)11-3-2-4-13(16)8-11/h2-8H,9H2,1H3,(H,17,18). The summed E-state index contributed by atoms with van der Waals surface area (Å²) in [4.78, 5) is 10.9. The van der Waals surface area contributed by atoms with Crippen LogP contribution in [0.15, 0.2) is 42.5 Å². The fourth-order valence-electron chi connectivity index (χ4n) is 1.93. The summed E-state index contributed by atoms with van der Waals surface area (Å²) >= 11 is 5.98. The average Bonchev–Trinajstić information content (AvgIpc) is 2.31. The molecule has 0 aliphatic rings. The molecule has 0 atom stereocenters. The first kappa shape index (κ1) is 12.7. The van der Waals surface area contributed by atoms with Gasteiger partial charge in [0.05, 0.1) is 6.42 Å². The predicted octanol–water partition coefficient (Wildman–Crippen LogP) is 3.94. The third kappa shape index (κ3) is 2.90. The molecule has 92 valence electrons. The van der Waals surface area contributed by atoms with E-state index in [0.29, 0.717) is 5.02 Å². The maximum atomic E-state index is 10.9. The van der Waals surface area contributed by atoms with Crippen LogP contribution in [-0.4, -0.2) is 11.1 Å². The van der Waals surface area contributed by atoms with Crippen molar-refractivity contribution in [3.8, 4) is 11.1 Å². The quantitative estimate of drug-likeness (QED) is 0.908. The van der Waals surface area contributed by atoms with Gasteiger partial charge < -0.3 is 5.11 Å². The molecule has 0 radical (unpaired) electrons. The molecule has 0 fully saturated rings. The second-order valence-electron chi connectivity index (χ2n) is 4.24. The van der Waals surface area contributed by atoms with E-state index in [2.05, 4.69) is 0 Å². The van der Waals surface area contributed by atoms with Crippen molar-refractivity contribution < 1.29 is 9.90 Å². The molecule has 2 aromatic carbocycles. The number of aryl methyl sites for hydroxylation is 1. The minimum atomic E-state index is -0.831. The highest BCUT2D eigenvalue weighted by atomic mass is 35.5. The number of carbonyl (C=O) groups is 1. The van der Waals surface area contributed by atoms with Gasteiger partial charge in [0.25, 0.3) is 0 Å². The first-order valence-electron chi connectivity index (χ1n) is 5.63. The SMILES string of the molecule is Cc1ccc(CC(=O)O)c(-c2cccc(Cl)c2)c1. The zero-order valence-corrected chi connectivity index (χ0v) is 10.7. The zero-order valence-electron chi connectivity index (χ0n) is 9.98. The largest absolute Gasteiger partial charge is 0.481 e. The van der Waals surface area contributed by atoms with E-state index >= 15 is 0 Å². The van der Waals surface area contributed by atoms with Crippen molar-refractivity contribution in [1.29, 1.82) is 0 Å². The van der Waals surface area contributed by atoms with E-state index in [0.717, 1.165) is 22.3 Å². The fraction of sp³-hybridized carbons (Fsp3) is 0.133. The summed E-state index contributed by atoms with van der Waals surface area (Å²) in [7, 11) is 0. The summed E-state index contributed by atoms with van der Waals surface area (Å²) in [6.07, 6.45) is 0.0160. The van der Waals surface area contributed by atoms with Gasteiger partial charge in [-0.3, -0.25) is 4.79 Å². The number of carboxylic acid groups (broad SMARTS) is 1. The van der Waals surface area contributed by atoms with Crippen molar-refractivity contribution in [2.45, 2.75) is 13.3 Å². The molecule has 1 N–H and O–H groups in total. The molecule has 0 saturated carbocycles.